The number of ether oxygens (including phenoxy) is 1. The van der Waals surface area contributed by atoms with Gasteiger partial charge in [0.15, 0.2) is 0 Å². The van der Waals surface area contributed by atoms with E-state index in [1.165, 1.54) is 6.07 Å². The maximum atomic E-state index is 14.8. The van der Waals surface area contributed by atoms with Crippen molar-refractivity contribution in [3.63, 3.8) is 0 Å². The third-order valence-corrected chi connectivity index (χ3v) is 5.73. The van der Waals surface area contributed by atoms with Crippen LogP contribution in [0.15, 0.2) is 12.1 Å². The summed E-state index contributed by atoms with van der Waals surface area (Å²) in [6.07, 6.45) is 0.742. The van der Waals surface area contributed by atoms with Gasteiger partial charge in [0.25, 0.3) is 11.8 Å². The highest BCUT2D eigenvalue weighted by molar-refractivity contribution is 6.23. The first-order chi connectivity index (χ1) is 14.8. The molecule has 0 aliphatic carbocycles. The molecule has 3 heterocycles. The van der Waals surface area contributed by atoms with Crippen molar-refractivity contribution in [2.75, 3.05) is 24.6 Å². The molecule has 4 amide bonds. The van der Waals surface area contributed by atoms with Crippen molar-refractivity contribution >= 4 is 35.3 Å². The molecule has 0 bridgehead atoms. The minimum Gasteiger partial charge on any atom is -0.480 e. The van der Waals surface area contributed by atoms with Crippen LogP contribution in [0, 0.1) is 5.82 Å². The molecule has 1 atom stereocenters. The van der Waals surface area contributed by atoms with E-state index in [4.69, 9.17) is 9.84 Å². The van der Waals surface area contributed by atoms with Crippen LogP contribution in [0.4, 0.5) is 10.1 Å². The number of halogens is 1. The molecule has 4 rings (SSSR count). The van der Waals surface area contributed by atoms with Crippen molar-refractivity contribution < 1.29 is 38.2 Å². The smallest absolute Gasteiger partial charge is 0.329 e. The van der Waals surface area contributed by atoms with Crippen LogP contribution in [0.25, 0.3) is 0 Å². The number of hydrogen-bond acceptors (Lipinski definition) is 7. The van der Waals surface area contributed by atoms with Gasteiger partial charge < -0.3 is 14.7 Å². The average Bonchev–Trinajstić information content (AvgIpc) is 2.96. The summed E-state index contributed by atoms with van der Waals surface area (Å²) in [6, 6.07) is 1.21. The minimum atomic E-state index is -1.11. The first-order valence-corrected chi connectivity index (χ1v) is 9.89. The maximum absolute atomic E-state index is 14.8. The average molecular weight is 433 g/mol. The number of piperidine rings is 2. The highest BCUT2D eigenvalue weighted by atomic mass is 19.1. The molecule has 2 saturated heterocycles. The standard InChI is InChI=1S/C20H20FN3O7/c21-13-7-11-12(8-15(13)23-5-3-10(4-6-23)31-9-17(26)27)20(30)24(19(11)29)14-1-2-16(25)22-18(14)28/h7-8,10,14H,1-6,9H2,(H,26,27)(H,22,25,28). The summed E-state index contributed by atoms with van der Waals surface area (Å²) in [5, 5.41) is 10.8. The SMILES string of the molecule is O=C(O)COC1CCN(c2cc3c(cc2F)C(=O)N(C2CCC(=O)NC2=O)C3=O)CC1. The predicted octanol–water partition coefficient (Wildman–Crippen LogP) is 0.297. The molecule has 11 heteroatoms. The van der Waals surface area contributed by atoms with Gasteiger partial charge in [-0.05, 0) is 31.4 Å². The number of carbonyl (C=O) groups excluding carboxylic acids is 4. The quantitative estimate of drug-likeness (QED) is 0.634. The molecule has 31 heavy (non-hydrogen) atoms. The Balaban J connectivity index is 1.52. The van der Waals surface area contributed by atoms with Gasteiger partial charge >= 0.3 is 5.97 Å². The summed E-state index contributed by atoms with van der Waals surface area (Å²) < 4.78 is 20.1. The number of aliphatic carboxylic acids is 1. The number of nitrogens with one attached hydrogen (secondary N) is 1. The zero-order valence-corrected chi connectivity index (χ0v) is 16.4. The summed E-state index contributed by atoms with van der Waals surface area (Å²) >= 11 is 0. The fourth-order valence-electron chi connectivity index (χ4n) is 4.17. The fraction of sp³-hybridized carbons (Fsp3) is 0.450. The second-order valence-electron chi connectivity index (χ2n) is 7.69. The lowest BCUT2D eigenvalue weighted by Gasteiger charge is -2.33. The summed E-state index contributed by atoms with van der Waals surface area (Å²) in [6.45, 7) is 0.378. The van der Waals surface area contributed by atoms with E-state index in [1.807, 2.05) is 0 Å². The Labute approximate surface area is 175 Å². The lowest BCUT2D eigenvalue weighted by Crippen LogP contribution is -2.54. The summed E-state index contributed by atoms with van der Waals surface area (Å²) in [5.41, 5.74) is 0.0488. The van der Waals surface area contributed by atoms with Gasteiger partial charge in [-0.1, -0.05) is 0 Å². The molecule has 1 aromatic carbocycles. The number of carboxylic acid groups (broad SMARTS) is 1. The van der Waals surface area contributed by atoms with E-state index in [1.54, 1.807) is 4.90 Å². The fourth-order valence-corrected chi connectivity index (χ4v) is 4.17. The van der Waals surface area contributed by atoms with E-state index in [9.17, 15) is 28.4 Å². The number of anilines is 1. The zero-order valence-electron chi connectivity index (χ0n) is 16.4. The molecular formula is C20H20FN3O7. The van der Waals surface area contributed by atoms with Crippen molar-refractivity contribution in [2.24, 2.45) is 0 Å². The summed E-state index contributed by atoms with van der Waals surface area (Å²) in [4.78, 5) is 62.3. The van der Waals surface area contributed by atoms with Crippen LogP contribution in [0.1, 0.15) is 46.4 Å². The number of hydrogen-bond donors (Lipinski definition) is 2. The maximum Gasteiger partial charge on any atom is 0.329 e. The van der Waals surface area contributed by atoms with Crippen molar-refractivity contribution in [2.45, 2.75) is 37.8 Å². The van der Waals surface area contributed by atoms with Crippen LogP contribution in [0.2, 0.25) is 0 Å². The van der Waals surface area contributed by atoms with Gasteiger partial charge in [0.2, 0.25) is 11.8 Å². The first-order valence-electron chi connectivity index (χ1n) is 9.89. The number of benzene rings is 1. The molecule has 2 N–H and O–H groups in total. The number of fused-ring (bicyclic) bond motifs is 1. The Morgan fingerprint density at radius 3 is 2.35 bits per heavy atom. The Kier molecular flexibility index (Phi) is 5.44. The van der Waals surface area contributed by atoms with Gasteiger partial charge in [-0.3, -0.25) is 29.4 Å². The van der Waals surface area contributed by atoms with Crippen molar-refractivity contribution in [1.82, 2.24) is 10.2 Å². The third-order valence-electron chi connectivity index (χ3n) is 5.73. The van der Waals surface area contributed by atoms with Gasteiger partial charge in [-0.2, -0.15) is 0 Å². The second-order valence-corrected chi connectivity index (χ2v) is 7.69. The number of rotatable bonds is 5. The second kappa shape index (κ2) is 8.06. The Morgan fingerprint density at radius 1 is 1.10 bits per heavy atom. The van der Waals surface area contributed by atoms with Crippen molar-refractivity contribution in [3.05, 3.63) is 29.1 Å². The van der Waals surface area contributed by atoms with Crippen LogP contribution >= 0.6 is 0 Å². The number of nitrogens with zero attached hydrogens (tertiary/aromatic N) is 2. The van der Waals surface area contributed by atoms with E-state index >= 15 is 0 Å². The largest absolute Gasteiger partial charge is 0.480 e. The molecule has 0 spiro atoms. The molecule has 3 aliphatic rings. The number of amides is 4. The lowest BCUT2D eigenvalue weighted by molar-refractivity contribution is -0.144. The van der Waals surface area contributed by atoms with Gasteiger partial charge in [-0.15, -0.1) is 0 Å². The van der Waals surface area contributed by atoms with E-state index < -0.39 is 48.1 Å². The van der Waals surface area contributed by atoms with Gasteiger partial charge in [0.1, 0.15) is 18.5 Å². The molecular weight excluding hydrogens is 413 g/mol. The van der Waals surface area contributed by atoms with Crippen molar-refractivity contribution in [1.29, 1.82) is 0 Å². The van der Waals surface area contributed by atoms with Gasteiger partial charge in [-0.25, -0.2) is 9.18 Å². The summed E-state index contributed by atoms with van der Waals surface area (Å²) in [7, 11) is 0. The molecule has 1 unspecified atom stereocenters. The lowest BCUT2D eigenvalue weighted by atomic mass is 10.0. The van der Waals surface area contributed by atoms with E-state index in [0.717, 1.165) is 11.0 Å². The molecule has 164 valence electrons. The van der Waals surface area contributed by atoms with Crippen LogP contribution in [0.3, 0.4) is 0 Å². The normalized spacial score (nSPS) is 22.0. The molecule has 10 nitrogen and oxygen atoms in total. The Morgan fingerprint density at radius 2 is 1.74 bits per heavy atom. The third kappa shape index (κ3) is 3.88. The number of carboxylic acids is 1. The Hall–Kier alpha value is -3.34. The molecule has 0 saturated carbocycles. The van der Waals surface area contributed by atoms with E-state index in [0.29, 0.717) is 25.9 Å². The van der Waals surface area contributed by atoms with Gasteiger partial charge in [0, 0.05) is 19.5 Å². The Bertz CT molecular complexity index is 987. The van der Waals surface area contributed by atoms with Crippen molar-refractivity contribution in [3.8, 4) is 0 Å². The van der Waals surface area contributed by atoms with Crippen LogP contribution < -0.4 is 10.2 Å². The molecule has 1 aromatic rings. The number of imide groups is 2. The number of carbonyl (C=O) groups is 5. The topological polar surface area (TPSA) is 133 Å². The van der Waals surface area contributed by atoms with E-state index in [2.05, 4.69) is 5.32 Å². The van der Waals surface area contributed by atoms with Crippen LogP contribution in [-0.2, 0) is 19.1 Å². The van der Waals surface area contributed by atoms with Crippen LogP contribution in [0.5, 0.6) is 0 Å². The van der Waals surface area contributed by atoms with E-state index in [-0.39, 0.29) is 35.8 Å². The molecule has 3 aliphatic heterocycles. The highest BCUT2D eigenvalue weighted by Crippen LogP contribution is 2.33. The molecule has 0 aromatic heterocycles. The predicted molar refractivity (Wildman–Crippen MR) is 102 cm³/mol. The molecule has 2 fully saturated rings. The van der Waals surface area contributed by atoms with Crippen LogP contribution in [-0.4, -0.2) is 71.4 Å². The van der Waals surface area contributed by atoms with Gasteiger partial charge in [0.05, 0.1) is 22.9 Å². The first kappa shape index (κ1) is 20.9. The highest BCUT2D eigenvalue weighted by Gasteiger charge is 2.45. The minimum absolute atomic E-state index is 0.00230. The monoisotopic (exact) mass is 433 g/mol. The zero-order chi connectivity index (χ0) is 22.3. The summed E-state index contributed by atoms with van der Waals surface area (Å²) in [5.74, 6) is -4.39. The molecule has 0 radical (unpaired) electrons.